The highest BCUT2D eigenvalue weighted by Gasteiger charge is 2.36. The number of hydrogen-bond donors (Lipinski definition) is 1. The maximum atomic E-state index is 12.4. The van der Waals surface area contributed by atoms with Crippen LogP contribution in [0.1, 0.15) is 32.6 Å². The topological polar surface area (TPSA) is 77.9 Å². The predicted molar refractivity (Wildman–Crippen MR) is 71.9 cm³/mol. The van der Waals surface area contributed by atoms with Gasteiger partial charge in [0.1, 0.15) is 0 Å². The molecule has 1 aliphatic heterocycles. The summed E-state index contributed by atoms with van der Waals surface area (Å²) in [7, 11) is 0. The van der Waals surface area contributed by atoms with Gasteiger partial charge in [-0.3, -0.25) is 14.4 Å². The normalized spacial score (nSPS) is 27.2. The van der Waals surface area contributed by atoms with Gasteiger partial charge in [-0.2, -0.15) is 0 Å². The number of rotatable bonds is 2. The van der Waals surface area contributed by atoms with Crippen LogP contribution >= 0.6 is 0 Å². The lowest BCUT2D eigenvalue weighted by Crippen LogP contribution is -2.39. The van der Waals surface area contributed by atoms with E-state index < -0.39 is 5.97 Å². The van der Waals surface area contributed by atoms with Crippen LogP contribution in [-0.2, 0) is 14.4 Å². The first-order valence-electron chi connectivity index (χ1n) is 7.26. The fourth-order valence-electron chi connectivity index (χ4n) is 3.14. The molecule has 2 atom stereocenters. The van der Waals surface area contributed by atoms with Crippen molar-refractivity contribution in [2.75, 3.05) is 26.2 Å². The second-order valence-corrected chi connectivity index (χ2v) is 5.73. The molecule has 0 aromatic carbocycles. The van der Waals surface area contributed by atoms with Crippen LogP contribution in [0.4, 0.5) is 0 Å². The molecule has 112 valence electrons. The van der Waals surface area contributed by atoms with Crippen LogP contribution in [-0.4, -0.2) is 58.9 Å². The summed E-state index contributed by atoms with van der Waals surface area (Å²) in [6.07, 6.45) is 2.52. The summed E-state index contributed by atoms with van der Waals surface area (Å²) >= 11 is 0. The van der Waals surface area contributed by atoms with Crippen LogP contribution in [0.5, 0.6) is 0 Å². The zero-order chi connectivity index (χ0) is 14.7. The molecule has 2 fully saturated rings. The molecule has 2 aliphatic rings. The molecule has 1 saturated heterocycles. The molecule has 0 spiro atoms. The molecule has 0 unspecified atom stereocenters. The number of hydrogen-bond acceptors (Lipinski definition) is 3. The lowest BCUT2D eigenvalue weighted by Gasteiger charge is -2.24. The Bertz CT molecular complexity index is 410. The average Bonchev–Trinajstić information content (AvgIpc) is 2.76. The van der Waals surface area contributed by atoms with Crippen LogP contribution in [0.2, 0.25) is 0 Å². The maximum absolute atomic E-state index is 12.4. The van der Waals surface area contributed by atoms with Gasteiger partial charge in [-0.05, 0) is 25.7 Å². The Kier molecular flexibility index (Phi) is 4.62. The number of carbonyl (C=O) groups excluding carboxylic acids is 2. The zero-order valence-corrected chi connectivity index (χ0v) is 11.9. The summed E-state index contributed by atoms with van der Waals surface area (Å²) in [5.74, 6) is -1.20. The Balaban J connectivity index is 1.90. The molecular weight excluding hydrogens is 260 g/mol. The summed E-state index contributed by atoms with van der Waals surface area (Å²) in [5, 5.41) is 8.99. The van der Waals surface area contributed by atoms with E-state index in [1.165, 1.54) is 0 Å². The lowest BCUT2D eigenvalue weighted by atomic mass is 10.0. The second-order valence-electron chi connectivity index (χ2n) is 5.73. The largest absolute Gasteiger partial charge is 0.481 e. The van der Waals surface area contributed by atoms with Crippen molar-refractivity contribution in [3.05, 3.63) is 0 Å². The van der Waals surface area contributed by atoms with E-state index in [0.717, 1.165) is 6.42 Å². The highest BCUT2D eigenvalue weighted by atomic mass is 16.4. The molecule has 20 heavy (non-hydrogen) atoms. The Morgan fingerprint density at radius 2 is 1.55 bits per heavy atom. The van der Waals surface area contributed by atoms with Gasteiger partial charge in [0.2, 0.25) is 11.8 Å². The number of carbonyl (C=O) groups is 3. The van der Waals surface area contributed by atoms with Crippen LogP contribution in [0.3, 0.4) is 0 Å². The van der Waals surface area contributed by atoms with Gasteiger partial charge in [-0.1, -0.05) is 0 Å². The van der Waals surface area contributed by atoms with Gasteiger partial charge in [-0.15, -0.1) is 0 Å². The number of carboxylic acid groups (broad SMARTS) is 1. The van der Waals surface area contributed by atoms with Crippen molar-refractivity contribution in [3.63, 3.8) is 0 Å². The van der Waals surface area contributed by atoms with Gasteiger partial charge in [0.05, 0.1) is 5.92 Å². The molecule has 1 N–H and O–H groups in total. The third kappa shape index (κ3) is 3.29. The lowest BCUT2D eigenvalue weighted by molar-refractivity contribution is -0.142. The SMILES string of the molecule is CC(=O)N1CCCN(C(=O)[C@@H]2CC[C@H](C(=O)O)C2)CC1. The van der Waals surface area contributed by atoms with Gasteiger partial charge in [0, 0.05) is 39.0 Å². The van der Waals surface area contributed by atoms with E-state index in [2.05, 4.69) is 0 Å². The van der Waals surface area contributed by atoms with E-state index in [1.54, 1.807) is 16.7 Å². The number of aliphatic carboxylic acids is 1. The van der Waals surface area contributed by atoms with Crippen LogP contribution in [0.25, 0.3) is 0 Å². The molecule has 0 aromatic rings. The molecule has 2 amide bonds. The van der Waals surface area contributed by atoms with E-state index in [-0.39, 0.29) is 23.7 Å². The number of amides is 2. The minimum absolute atomic E-state index is 0.0473. The standard InChI is InChI=1S/C14H22N2O4/c1-10(17)15-5-2-6-16(8-7-15)13(18)11-3-4-12(9-11)14(19)20/h11-12H,2-9H2,1H3,(H,19,20)/t11-,12+/m1/s1. The quantitative estimate of drug-likeness (QED) is 0.803. The molecular formula is C14H22N2O4. The van der Waals surface area contributed by atoms with Gasteiger partial charge in [-0.25, -0.2) is 0 Å². The fourth-order valence-corrected chi connectivity index (χ4v) is 3.14. The first-order valence-corrected chi connectivity index (χ1v) is 7.26. The molecule has 6 heteroatoms. The molecule has 1 heterocycles. The van der Waals surface area contributed by atoms with Gasteiger partial charge in [0.25, 0.3) is 0 Å². The molecule has 0 bridgehead atoms. The first kappa shape index (κ1) is 14.8. The predicted octanol–water partition coefficient (Wildman–Crippen LogP) is 0.568. The van der Waals surface area contributed by atoms with E-state index >= 15 is 0 Å². The summed E-state index contributed by atoms with van der Waals surface area (Å²) in [6.45, 7) is 4.05. The van der Waals surface area contributed by atoms with Crippen molar-refractivity contribution in [2.24, 2.45) is 11.8 Å². The molecule has 0 aromatic heterocycles. The van der Waals surface area contributed by atoms with Crippen molar-refractivity contribution < 1.29 is 19.5 Å². The summed E-state index contributed by atoms with van der Waals surface area (Å²) in [5.41, 5.74) is 0. The highest BCUT2D eigenvalue weighted by molar-refractivity contribution is 5.81. The highest BCUT2D eigenvalue weighted by Crippen LogP contribution is 2.32. The fraction of sp³-hybridized carbons (Fsp3) is 0.786. The Labute approximate surface area is 118 Å². The third-order valence-corrected chi connectivity index (χ3v) is 4.38. The van der Waals surface area contributed by atoms with Crippen LogP contribution in [0.15, 0.2) is 0 Å². The van der Waals surface area contributed by atoms with Crippen molar-refractivity contribution in [3.8, 4) is 0 Å². The minimum atomic E-state index is -0.793. The van der Waals surface area contributed by atoms with E-state index in [0.29, 0.717) is 45.4 Å². The zero-order valence-electron chi connectivity index (χ0n) is 11.9. The van der Waals surface area contributed by atoms with Crippen LogP contribution in [0, 0.1) is 11.8 Å². The third-order valence-electron chi connectivity index (χ3n) is 4.38. The molecule has 2 rings (SSSR count). The van der Waals surface area contributed by atoms with E-state index in [1.807, 2.05) is 0 Å². The van der Waals surface area contributed by atoms with Gasteiger partial charge >= 0.3 is 5.97 Å². The van der Waals surface area contributed by atoms with Gasteiger partial charge < -0.3 is 14.9 Å². The molecule has 1 saturated carbocycles. The van der Waals surface area contributed by atoms with Crippen molar-refractivity contribution in [2.45, 2.75) is 32.6 Å². The minimum Gasteiger partial charge on any atom is -0.481 e. The first-order chi connectivity index (χ1) is 9.49. The summed E-state index contributed by atoms with van der Waals surface area (Å²) in [4.78, 5) is 38.3. The van der Waals surface area contributed by atoms with Crippen molar-refractivity contribution in [1.29, 1.82) is 0 Å². The molecule has 6 nitrogen and oxygen atoms in total. The van der Waals surface area contributed by atoms with Gasteiger partial charge in [0.15, 0.2) is 0 Å². The average molecular weight is 282 g/mol. The molecule has 1 aliphatic carbocycles. The Morgan fingerprint density at radius 1 is 0.950 bits per heavy atom. The number of carboxylic acids is 1. The smallest absolute Gasteiger partial charge is 0.306 e. The summed E-state index contributed by atoms with van der Waals surface area (Å²) in [6, 6.07) is 0. The maximum Gasteiger partial charge on any atom is 0.306 e. The van der Waals surface area contributed by atoms with E-state index in [9.17, 15) is 14.4 Å². The van der Waals surface area contributed by atoms with Crippen molar-refractivity contribution >= 4 is 17.8 Å². The Hall–Kier alpha value is -1.59. The molecule has 0 radical (unpaired) electrons. The Morgan fingerprint density at radius 3 is 2.15 bits per heavy atom. The van der Waals surface area contributed by atoms with Crippen LogP contribution < -0.4 is 0 Å². The number of nitrogens with zero attached hydrogens (tertiary/aromatic N) is 2. The summed E-state index contributed by atoms with van der Waals surface area (Å²) < 4.78 is 0. The van der Waals surface area contributed by atoms with Crippen molar-refractivity contribution in [1.82, 2.24) is 9.80 Å². The van der Waals surface area contributed by atoms with E-state index in [4.69, 9.17) is 5.11 Å². The second kappa shape index (κ2) is 6.24. The monoisotopic (exact) mass is 282 g/mol.